The van der Waals surface area contributed by atoms with Gasteiger partial charge in [0.15, 0.2) is 5.16 Å². The number of rotatable bonds is 9. The number of anilines is 2. The Morgan fingerprint density at radius 2 is 1.88 bits per heavy atom. The van der Waals surface area contributed by atoms with E-state index >= 15 is 0 Å². The average molecular weight is 483 g/mol. The fraction of sp³-hybridized carbons (Fsp3) is 0.250. The highest BCUT2D eigenvalue weighted by molar-refractivity contribution is 7.98. The molecule has 3 aromatic rings. The SMILES string of the molecule is COc1cccc(CSc2nc(C)c(CC(=O)Nc3cc(NC(C)=O)ccc3OC)c(=O)[nH]2)c1. The lowest BCUT2D eigenvalue weighted by molar-refractivity contribution is -0.116. The largest absolute Gasteiger partial charge is 0.497 e. The molecule has 0 aliphatic rings. The second-order valence-electron chi connectivity index (χ2n) is 7.40. The van der Waals surface area contributed by atoms with Gasteiger partial charge in [0.05, 0.1) is 26.3 Å². The highest BCUT2D eigenvalue weighted by Crippen LogP contribution is 2.28. The van der Waals surface area contributed by atoms with Gasteiger partial charge in [-0.2, -0.15) is 0 Å². The summed E-state index contributed by atoms with van der Waals surface area (Å²) in [7, 11) is 3.09. The molecule has 9 nitrogen and oxygen atoms in total. The minimum atomic E-state index is -0.412. The van der Waals surface area contributed by atoms with Crippen molar-refractivity contribution in [3.05, 3.63) is 69.6 Å². The molecule has 3 rings (SSSR count). The molecule has 2 amide bonds. The Kier molecular flexibility index (Phi) is 8.31. The Labute approximate surface area is 201 Å². The van der Waals surface area contributed by atoms with Crippen LogP contribution in [0.5, 0.6) is 11.5 Å². The Morgan fingerprint density at radius 3 is 2.56 bits per heavy atom. The average Bonchev–Trinajstić information content (AvgIpc) is 2.80. The van der Waals surface area contributed by atoms with Gasteiger partial charge in [-0.05, 0) is 42.8 Å². The van der Waals surface area contributed by atoms with Crippen LogP contribution >= 0.6 is 11.8 Å². The predicted molar refractivity (Wildman–Crippen MR) is 132 cm³/mol. The number of carbonyl (C=O) groups excluding carboxylic acids is 2. The molecule has 0 radical (unpaired) electrons. The van der Waals surface area contributed by atoms with Gasteiger partial charge >= 0.3 is 0 Å². The summed E-state index contributed by atoms with van der Waals surface area (Å²) in [5, 5.41) is 5.86. The van der Waals surface area contributed by atoms with Gasteiger partial charge in [0.25, 0.3) is 5.56 Å². The van der Waals surface area contributed by atoms with Gasteiger partial charge < -0.3 is 25.1 Å². The first-order valence-electron chi connectivity index (χ1n) is 10.4. The smallest absolute Gasteiger partial charge is 0.255 e. The molecule has 10 heteroatoms. The van der Waals surface area contributed by atoms with Crippen LogP contribution in [-0.4, -0.2) is 36.0 Å². The number of H-pyrrole nitrogens is 1. The minimum absolute atomic E-state index is 0.164. The molecule has 0 unspecified atom stereocenters. The lowest BCUT2D eigenvalue weighted by atomic mass is 10.1. The van der Waals surface area contributed by atoms with E-state index in [4.69, 9.17) is 9.47 Å². The number of benzene rings is 2. The molecule has 0 fully saturated rings. The number of carbonyl (C=O) groups is 2. The maximum Gasteiger partial charge on any atom is 0.255 e. The molecule has 1 heterocycles. The fourth-order valence-electron chi connectivity index (χ4n) is 3.22. The van der Waals surface area contributed by atoms with Crippen LogP contribution in [0.3, 0.4) is 0 Å². The zero-order valence-corrected chi connectivity index (χ0v) is 20.2. The van der Waals surface area contributed by atoms with Gasteiger partial charge in [0, 0.05) is 29.6 Å². The number of hydrogen-bond donors (Lipinski definition) is 3. The van der Waals surface area contributed by atoms with E-state index in [1.807, 2.05) is 24.3 Å². The van der Waals surface area contributed by atoms with Crippen molar-refractivity contribution in [2.24, 2.45) is 0 Å². The summed E-state index contributed by atoms with van der Waals surface area (Å²) in [5.41, 5.74) is 2.31. The van der Waals surface area contributed by atoms with E-state index in [1.54, 1.807) is 32.2 Å². The molecule has 3 N–H and O–H groups in total. The molecule has 0 spiro atoms. The quantitative estimate of drug-likeness (QED) is 0.315. The number of nitrogens with one attached hydrogen (secondary N) is 3. The number of methoxy groups -OCH3 is 2. The number of nitrogens with zero attached hydrogens (tertiary/aromatic N) is 1. The van der Waals surface area contributed by atoms with Crippen molar-refractivity contribution in [2.45, 2.75) is 31.2 Å². The van der Waals surface area contributed by atoms with Crippen LogP contribution in [0.2, 0.25) is 0 Å². The first-order chi connectivity index (χ1) is 16.3. The van der Waals surface area contributed by atoms with Crippen LogP contribution in [0.15, 0.2) is 52.4 Å². The summed E-state index contributed by atoms with van der Waals surface area (Å²) >= 11 is 1.39. The van der Waals surface area contributed by atoms with Crippen molar-refractivity contribution in [2.75, 3.05) is 24.9 Å². The van der Waals surface area contributed by atoms with Gasteiger partial charge in [0.2, 0.25) is 11.8 Å². The van der Waals surface area contributed by atoms with E-state index in [-0.39, 0.29) is 23.5 Å². The van der Waals surface area contributed by atoms with Gasteiger partial charge in [-0.25, -0.2) is 4.98 Å². The van der Waals surface area contributed by atoms with Crippen molar-refractivity contribution < 1.29 is 19.1 Å². The van der Waals surface area contributed by atoms with Crippen LogP contribution in [0.4, 0.5) is 11.4 Å². The predicted octanol–water partition coefficient (Wildman–Crippen LogP) is 3.53. The van der Waals surface area contributed by atoms with Crippen molar-refractivity contribution >= 4 is 35.0 Å². The maximum absolute atomic E-state index is 12.7. The number of aryl methyl sites for hydroxylation is 1. The van der Waals surface area contributed by atoms with E-state index in [0.717, 1.165) is 11.3 Å². The zero-order valence-electron chi connectivity index (χ0n) is 19.4. The number of thioether (sulfide) groups is 1. The van der Waals surface area contributed by atoms with Crippen LogP contribution in [0, 0.1) is 6.92 Å². The van der Waals surface area contributed by atoms with E-state index in [2.05, 4.69) is 20.6 Å². The fourth-order valence-corrected chi connectivity index (χ4v) is 4.07. The third-order valence-corrected chi connectivity index (χ3v) is 5.79. The topological polar surface area (TPSA) is 122 Å². The van der Waals surface area contributed by atoms with Crippen molar-refractivity contribution in [3.63, 3.8) is 0 Å². The van der Waals surface area contributed by atoms with Crippen LogP contribution in [-0.2, 0) is 21.8 Å². The number of hydrogen-bond acceptors (Lipinski definition) is 7. The van der Waals surface area contributed by atoms with Crippen LogP contribution in [0.1, 0.15) is 23.7 Å². The molecular formula is C24H26N4O5S. The second-order valence-corrected chi connectivity index (χ2v) is 8.36. The number of amides is 2. The van der Waals surface area contributed by atoms with Crippen molar-refractivity contribution in [1.82, 2.24) is 9.97 Å². The highest BCUT2D eigenvalue weighted by atomic mass is 32.2. The second kappa shape index (κ2) is 11.4. The molecule has 1 aromatic heterocycles. The minimum Gasteiger partial charge on any atom is -0.497 e. The summed E-state index contributed by atoms with van der Waals surface area (Å²) < 4.78 is 10.5. The summed E-state index contributed by atoms with van der Waals surface area (Å²) in [4.78, 5) is 43.9. The highest BCUT2D eigenvalue weighted by Gasteiger charge is 2.15. The number of aromatic nitrogens is 2. The van der Waals surface area contributed by atoms with Crippen LogP contribution in [0.25, 0.3) is 0 Å². The van der Waals surface area contributed by atoms with E-state index in [0.29, 0.717) is 33.7 Å². The van der Waals surface area contributed by atoms with Gasteiger partial charge in [-0.1, -0.05) is 23.9 Å². The zero-order chi connectivity index (χ0) is 24.7. The van der Waals surface area contributed by atoms with Gasteiger partial charge in [0.1, 0.15) is 11.5 Å². The Balaban J connectivity index is 1.70. The van der Waals surface area contributed by atoms with Gasteiger partial charge in [-0.3, -0.25) is 14.4 Å². The first kappa shape index (κ1) is 24.8. The third kappa shape index (κ3) is 6.61. The molecule has 0 aliphatic heterocycles. The molecule has 2 aromatic carbocycles. The lowest BCUT2D eigenvalue weighted by Crippen LogP contribution is -2.24. The molecule has 0 aliphatic carbocycles. The van der Waals surface area contributed by atoms with Crippen LogP contribution < -0.4 is 25.7 Å². The lowest BCUT2D eigenvalue weighted by Gasteiger charge is -2.13. The molecule has 0 atom stereocenters. The number of ether oxygens (including phenoxy) is 2. The normalized spacial score (nSPS) is 10.5. The standard InChI is InChI=1S/C24H26N4O5S/c1-14-19(12-22(30)27-20-11-17(26-15(2)29)8-9-21(20)33-4)23(31)28-24(25-14)34-13-16-6-5-7-18(10-16)32-3/h5-11H,12-13H2,1-4H3,(H,26,29)(H,27,30)(H,25,28,31). The van der Waals surface area contributed by atoms with E-state index < -0.39 is 5.91 Å². The molecular weight excluding hydrogens is 456 g/mol. The molecule has 0 bridgehead atoms. The Morgan fingerprint density at radius 1 is 1.09 bits per heavy atom. The maximum atomic E-state index is 12.7. The van der Waals surface area contributed by atoms with Crippen molar-refractivity contribution in [1.29, 1.82) is 0 Å². The number of aromatic amines is 1. The summed E-state index contributed by atoms with van der Waals surface area (Å²) in [6.45, 7) is 3.09. The molecule has 0 saturated carbocycles. The van der Waals surface area contributed by atoms with Crippen molar-refractivity contribution in [3.8, 4) is 11.5 Å². The summed E-state index contributed by atoms with van der Waals surface area (Å²) in [5.74, 6) is 1.14. The van der Waals surface area contributed by atoms with E-state index in [1.165, 1.54) is 25.8 Å². The Hall–Kier alpha value is -3.79. The Bertz CT molecular complexity index is 1260. The molecule has 178 valence electrons. The molecule has 34 heavy (non-hydrogen) atoms. The summed E-state index contributed by atoms with van der Waals surface area (Å²) in [6.07, 6.45) is -0.164. The van der Waals surface area contributed by atoms with E-state index in [9.17, 15) is 14.4 Å². The molecule has 0 saturated heterocycles. The third-order valence-electron chi connectivity index (χ3n) is 4.84. The summed E-state index contributed by atoms with van der Waals surface area (Å²) in [6, 6.07) is 12.5. The first-order valence-corrected chi connectivity index (χ1v) is 11.4. The van der Waals surface area contributed by atoms with Gasteiger partial charge in [-0.15, -0.1) is 0 Å². The monoisotopic (exact) mass is 482 g/mol.